The SMILES string of the molecule is O=C1CCc2cc(c(O)c(OC3CCCC3)c2)Cc2cccc(c2)Cc2cc[nH]c2[N-]CC2=Cc3[n-]ccc3[C@@H](C[C@]3(O)C=Cc4c(O)cccc4CC3)[C@H]2C(=O)C1. The lowest BCUT2D eigenvalue weighted by molar-refractivity contribution is -0.129. The van der Waals surface area contributed by atoms with Crippen molar-refractivity contribution in [2.24, 2.45) is 5.92 Å². The van der Waals surface area contributed by atoms with E-state index >= 15 is 0 Å². The maximum atomic E-state index is 14.7. The zero-order valence-electron chi connectivity index (χ0n) is 32.6. The molecule has 9 heteroatoms. The highest BCUT2D eigenvalue weighted by Gasteiger charge is 2.40. The van der Waals surface area contributed by atoms with E-state index in [0.29, 0.717) is 49.2 Å². The number of aliphatic hydroxyl groups is 1. The molecule has 3 heterocycles. The molecule has 0 radical (unpaired) electrons. The van der Waals surface area contributed by atoms with Crippen molar-refractivity contribution in [3.8, 4) is 17.2 Å². The summed E-state index contributed by atoms with van der Waals surface area (Å²) in [6, 6.07) is 21.6. The third-order valence-corrected chi connectivity index (χ3v) is 12.7. The molecule has 4 bridgehead atoms. The number of H-pyrrole nitrogens is 1. The Bertz CT molecular complexity index is 2410. The lowest BCUT2D eigenvalue weighted by Crippen LogP contribution is -2.36. The summed E-state index contributed by atoms with van der Waals surface area (Å²) in [5, 5.41) is 39.5. The van der Waals surface area contributed by atoms with Gasteiger partial charge in [-0.2, -0.15) is 6.20 Å². The number of benzene rings is 3. The van der Waals surface area contributed by atoms with Gasteiger partial charge in [0.1, 0.15) is 17.3 Å². The first-order chi connectivity index (χ1) is 28.2. The minimum Gasteiger partial charge on any atom is -0.664 e. The molecule has 298 valence electrons. The second kappa shape index (κ2) is 15.9. The van der Waals surface area contributed by atoms with E-state index in [4.69, 9.17) is 10.1 Å². The van der Waals surface area contributed by atoms with Crippen LogP contribution >= 0.6 is 0 Å². The van der Waals surface area contributed by atoms with E-state index in [9.17, 15) is 24.9 Å². The predicted octanol–water partition coefficient (Wildman–Crippen LogP) is 8.94. The topological polar surface area (TPSA) is 148 Å². The van der Waals surface area contributed by atoms with Crippen LogP contribution in [0.5, 0.6) is 17.2 Å². The standard InChI is InChI=1S/C49H49N3O6/c53-37-12-11-32-24-35(47(56)45(25-32)58-38-8-1-2-9-38)23-31-6-3-5-30(21-31)22-34-15-19-51-48(34)52-29-36-26-42-40(16-20-50-42)41(46(36)44(55)27-37)28-49(57)17-13-33-7-4-10-43(54)39(33)14-18-49/h3-7,10,14-16,18-21,24-26,38,41,46,51,54,56-57H,1-2,8-9,11-13,17,22-23,27-29H2/q-2/t41-,46+,49-/m1/s1. The molecule has 0 spiro atoms. The van der Waals surface area contributed by atoms with Gasteiger partial charge in [-0.15, -0.1) is 5.69 Å². The average Bonchev–Trinajstić information content (AvgIpc) is 3.98. The molecule has 0 saturated heterocycles. The Kier molecular flexibility index (Phi) is 10.3. The number of Topliss-reactive ketones (excluding diaryl/α,β-unsaturated/α-hetero) is 2. The van der Waals surface area contributed by atoms with Gasteiger partial charge >= 0.3 is 0 Å². The van der Waals surface area contributed by atoms with Crippen LogP contribution in [0, 0.1) is 5.92 Å². The summed E-state index contributed by atoms with van der Waals surface area (Å²) in [5.41, 5.74) is 7.49. The molecule has 2 aromatic heterocycles. The van der Waals surface area contributed by atoms with Crippen molar-refractivity contribution in [1.82, 2.24) is 9.97 Å². The number of nitrogens with zero attached hydrogens (tertiary/aromatic N) is 2. The molecule has 1 saturated carbocycles. The number of rotatable bonds is 4. The van der Waals surface area contributed by atoms with Gasteiger partial charge in [-0.25, -0.2) is 0 Å². The van der Waals surface area contributed by atoms with E-state index in [1.807, 2.05) is 54.7 Å². The maximum absolute atomic E-state index is 14.7. The van der Waals surface area contributed by atoms with Crippen molar-refractivity contribution in [3.63, 3.8) is 0 Å². The minimum absolute atomic E-state index is 0.0462. The third kappa shape index (κ3) is 7.88. The van der Waals surface area contributed by atoms with Gasteiger partial charge in [0.05, 0.1) is 18.1 Å². The molecule has 9 rings (SSSR count). The highest BCUT2D eigenvalue weighted by Crippen LogP contribution is 2.47. The number of aromatic hydroxyl groups is 2. The van der Waals surface area contributed by atoms with Crippen LogP contribution < -0.4 is 9.72 Å². The average molecular weight is 776 g/mol. The molecule has 0 amide bonds. The van der Waals surface area contributed by atoms with Crippen LogP contribution in [-0.4, -0.2) is 50.1 Å². The van der Waals surface area contributed by atoms with Crippen molar-refractivity contribution >= 4 is 29.5 Å². The van der Waals surface area contributed by atoms with Crippen LogP contribution in [-0.2, 0) is 35.3 Å². The van der Waals surface area contributed by atoms with Crippen molar-refractivity contribution in [2.75, 3.05) is 6.54 Å². The van der Waals surface area contributed by atoms with Gasteiger partial charge in [-0.1, -0.05) is 96.0 Å². The smallest absolute Gasteiger partial charge is 0.161 e. The maximum Gasteiger partial charge on any atom is 0.161 e. The molecule has 3 aliphatic carbocycles. The number of ether oxygens (including phenoxy) is 1. The summed E-state index contributed by atoms with van der Waals surface area (Å²) >= 11 is 0. The van der Waals surface area contributed by atoms with Crippen LogP contribution in [0.25, 0.3) is 17.5 Å². The molecule has 1 fully saturated rings. The Morgan fingerprint density at radius 2 is 1.66 bits per heavy atom. The Morgan fingerprint density at radius 3 is 2.50 bits per heavy atom. The zero-order chi connectivity index (χ0) is 39.8. The molecule has 3 aromatic carbocycles. The molecule has 9 nitrogen and oxygen atoms in total. The minimum atomic E-state index is -1.30. The Balaban J connectivity index is 1.07. The van der Waals surface area contributed by atoms with Gasteiger partial charge in [0.15, 0.2) is 11.5 Å². The number of carbonyl (C=O) groups excluding carboxylic acids is 2. The number of carbonyl (C=O) groups is 2. The van der Waals surface area contributed by atoms with Crippen LogP contribution in [0.1, 0.15) is 107 Å². The van der Waals surface area contributed by atoms with Gasteiger partial charge in [-0.3, -0.25) is 9.59 Å². The van der Waals surface area contributed by atoms with E-state index in [1.54, 1.807) is 24.4 Å². The van der Waals surface area contributed by atoms with Crippen molar-refractivity contribution in [1.29, 1.82) is 0 Å². The lowest BCUT2D eigenvalue weighted by atomic mass is 9.68. The molecule has 3 atom stereocenters. The third-order valence-electron chi connectivity index (χ3n) is 12.7. The van der Waals surface area contributed by atoms with E-state index in [-0.39, 0.29) is 55.0 Å². The summed E-state index contributed by atoms with van der Waals surface area (Å²) in [4.78, 5) is 36.6. The van der Waals surface area contributed by atoms with Crippen LogP contribution in [0.2, 0.25) is 0 Å². The van der Waals surface area contributed by atoms with Gasteiger partial charge in [0, 0.05) is 29.9 Å². The van der Waals surface area contributed by atoms with Gasteiger partial charge < -0.3 is 35.3 Å². The molecule has 0 unspecified atom stereocenters. The van der Waals surface area contributed by atoms with Crippen molar-refractivity contribution in [3.05, 3.63) is 146 Å². The fourth-order valence-electron chi connectivity index (χ4n) is 9.63. The number of fused-ring (bicyclic) bond motifs is 8. The van der Waals surface area contributed by atoms with E-state index in [1.165, 1.54) is 0 Å². The number of hydrogen-bond donors (Lipinski definition) is 4. The number of aromatic amines is 1. The van der Waals surface area contributed by atoms with Crippen molar-refractivity contribution in [2.45, 2.75) is 94.7 Å². The molecule has 58 heavy (non-hydrogen) atoms. The summed E-state index contributed by atoms with van der Waals surface area (Å²) in [6.45, 7) is 0.212. The Hall–Kier alpha value is -5.80. The molecule has 4 N–H and O–H groups in total. The summed E-state index contributed by atoms with van der Waals surface area (Å²) < 4.78 is 6.39. The quantitative estimate of drug-likeness (QED) is 0.133. The molecule has 5 aromatic rings. The zero-order valence-corrected chi connectivity index (χ0v) is 32.6. The number of aromatic nitrogens is 2. The van der Waals surface area contributed by atoms with Gasteiger partial charge in [0.2, 0.25) is 0 Å². The van der Waals surface area contributed by atoms with E-state index in [2.05, 4.69) is 28.2 Å². The number of ketones is 2. The van der Waals surface area contributed by atoms with Crippen LogP contribution in [0.4, 0.5) is 5.82 Å². The molecule has 1 aliphatic heterocycles. The number of aryl methyl sites for hydroxylation is 2. The summed E-state index contributed by atoms with van der Waals surface area (Å²) in [6.07, 6.45) is 15.8. The molecular formula is C49H49N3O6-2. The van der Waals surface area contributed by atoms with Crippen molar-refractivity contribution < 1.29 is 29.6 Å². The van der Waals surface area contributed by atoms with Crippen LogP contribution in [0.3, 0.4) is 0 Å². The second-order valence-electron chi connectivity index (χ2n) is 16.7. The highest BCUT2D eigenvalue weighted by molar-refractivity contribution is 6.02. The Morgan fingerprint density at radius 1 is 0.845 bits per heavy atom. The molecule has 4 aliphatic rings. The first-order valence-corrected chi connectivity index (χ1v) is 20.7. The fraction of sp³-hybridized carbons (Fsp3) is 0.347. The first kappa shape index (κ1) is 37.8. The van der Waals surface area contributed by atoms with Gasteiger partial charge in [-0.05, 0) is 110 Å². The fourth-order valence-corrected chi connectivity index (χ4v) is 9.63. The largest absolute Gasteiger partial charge is 0.664 e. The number of phenols is 2. The number of hydrogen-bond acceptors (Lipinski definition) is 6. The summed E-state index contributed by atoms with van der Waals surface area (Å²) in [7, 11) is 0. The van der Waals surface area contributed by atoms with E-state index < -0.39 is 17.4 Å². The predicted molar refractivity (Wildman–Crippen MR) is 224 cm³/mol. The second-order valence-corrected chi connectivity index (χ2v) is 16.7. The number of nitrogens with one attached hydrogen (secondary N) is 1. The molecular weight excluding hydrogens is 727 g/mol. The van der Waals surface area contributed by atoms with E-state index in [0.717, 1.165) is 75.9 Å². The number of phenolic OH excluding ortho intramolecular Hbond substituents is 2. The highest BCUT2D eigenvalue weighted by atomic mass is 16.5. The van der Waals surface area contributed by atoms with Gasteiger partial charge in [0.25, 0.3) is 0 Å². The monoisotopic (exact) mass is 775 g/mol. The Labute approximate surface area is 338 Å². The summed E-state index contributed by atoms with van der Waals surface area (Å²) in [5.74, 6) is -0.0984. The lowest BCUT2D eigenvalue weighted by Gasteiger charge is -2.39. The first-order valence-electron chi connectivity index (χ1n) is 20.7. The normalized spacial score (nSPS) is 22.5. The van der Waals surface area contributed by atoms with Crippen LogP contribution in [0.15, 0.2) is 90.8 Å².